The van der Waals surface area contributed by atoms with Gasteiger partial charge < -0.3 is 5.32 Å². The zero-order valence-electron chi connectivity index (χ0n) is 28.3. The topological polar surface area (TPSA) is 12.0 Å². The third-order valence-electron chi connectivity index (χ3n) is 10.4. The molecule has 10 rings (SSSR count). The largest absolute Gasteiger partial charge is 0.355 e. The molecule has 2 heterocycles. The molecule has 0 bridgehead atoms. The molecule has 0 aliphatic carbocycles. The number of anilines is 2. The quantitative estimate of drug-likeness (QED) is 0.192. The van der Waals surface area contributed by atoms with E-state index < -0.39 is 5.41 Å². The molecule has 1 nitrogen and oxygen atoms in total. The molecule has 1 N–H and O–H groups in total. The van der Waals surface area contributed by atoms with E-state index in [9.17, 15) is 0 Å². The molecule has 246 valence electrons. The fourth-order valence-corrected chi connectivity index (χ4v) is 10.6. The Kier molecular flexibility index (Phi) is 7.63. The van der Waals surface area contributed by atoms with Crippen molar-refractivity contribution in [2.24, 2.45) is 0 Å². The van der Waals surface area contributed by atoms with E-state index in [4.69, 9.17) is 0 Å². The number of hydrogen-bond donors (Lipinski definition) is 1. The second-order valence-corrected chi connectivity index (χ2v) is 15.5. The summed E-state index contributed by atoms with van der Waals surface area (Å²) >= 11 is 3.80. The zero-order valence-corrected chi connectivity index (χ0v) is 29.9. The van der Waals surface area contributed by atoms with Crippen molar-refractivity contribution < 1.29 is 0 Å². The van der Waals surface area contributed by atoms with E-state index in [1.54, 1.807) is 0 Å². The lowest BCUT2D eigenvalue weighted by molar-refractivity contribution is 0.668. The van der Waals surface area contributed by atoms with Gasteiger partial charge in [0.15, 0.2) is 0 Å². The molecule has 3 heteroatoms. The Bertz CT molecular complexity index is 2550. The predicted octanol–water partition coefficient (Wildman–Crippen LogP) is 13.7. The first-order valence-corrected chi connectivity index (χ1v) is 19.3. The second-order valence-electron chi connectivity index (χ2n) is 13.3. The number of hydrogen-bond acceptors (Lipinski definition) is 3. The van der Waals surface area contributed by atoms with E-state index in [0.29, 0.717) is 0 Å². The minimum Gasteiger partial charge on any atom is -0.355 e. The van der Waals surface area contributed by atoms with Crippen LogP contribution in [0.5, 0.6) is 0 Å². The average molecular weight is 700 g/mol. The SMILES string of the molecule is c1ccc(Nc2ccccc2-c2ccc(-c3cccc4c3Sc3ccc(-c5ccccc5)cc3C43c4ccccc4Sc4ccccc43)cc2)cc1. The van der Waals surface area contributed by atoms with E-state index in [1.165, 1.54) is 75.2 Å². The van der Waals surface area contributed by atoms with E-state index in [1.807, 2.05) is 29.6 Å². The highest BCUT2D eigenvalue weighted by Crippen LogP contribution is 2.63. The first kappa shape index (κ1) is 31.0. The minimum absolute atomic E-state index is 0.475. The van der Waals surface area contributed by atoms with Crippen LogP contribution in [0, 0.1) is 0 Å². The van der Waals surface area contributed by atoms with Gasteiger partial charge in [-0.3, -0.25) is 0 Å². The summed E-state index contributed by atoms with van der Waals surface area (Å²) in [5.41, 5.74) is 14.4. The van der Waals surface area contributed by atoms with Crippen molar-refractivity contribution in [3.8, 4) is 33.4 Å². The highest BCUT2D eigenvalue weighted by Gasteiger charge is 2.49. The monoisotopic (exact) mass is 699 g/mol. The molecule has 0 unspecified atom stereocenters. The van der Waals surface area contributed by atoms with Gasteiger partial charge in [0, 0.05) is 36.5 Å². The Balaban J connectivity index is 1.16. The molecule has 2 aliphatic heterocycles. The van der Waals surface area contributed by atoms with Gasteiger partial charge in [0.2, 0.25) is 0 Å². The maximum atomic E-state index is 3.63. The Morgan fingerprint density at radius 3 is 1.62 bits per heavy atom. The van der Waals surface area contributed by atoms with Crippen LogP contribution >= 0.6 is 23.5 Å². The van der Waals surface area contributed by atoms with Crippen LogP contribution in [0.15, 0.2) is 214 Å². The van der Waals surface area contributed by atoms with Crippen molar-refractivity contribution in [2.45, 2.75) is 25.0 Å². The average Bonchev–Trinajstić information content (AvgIpc) is 3.21. The molecule has 8 aromatic carbocycles. The Morgan fingerprint density at radius 1 is 0.346 bits per heavy atom. The van der Waals surface area contributed by atoms with Crippen LogP contribution in [-0.2, 0) is 5.41 Å². The van der Waals surface area contributed by atoms with Crippen molar-refractivity contribution in [2.75, 3.05) is 5.32 Å². The van der Waals surface area contributed by atoms with Crippen molar-refractivity contribution in [3.05, 3.63) is 216 Å². The van der Waals surface area contributed by atoms with Crippen LogP contribution in [-0.4, -0.2) is 0 Å². The molecule has 0 saturated carbocycles. The lowest BCUT2D eigenvalue weighted by atomic mass is 9.64. The molecule has 0 amide bonds. The summed E-state index contributed by atoms with van der Waals surface area (Å²) in [4.78, 5) is 5.24. The van der Waals surface area contributed by atoms with E-state index in [2.05, 4.69) is 193 Å². The van der Waals surface area contributed by atoms with Gasteiger partial charge in [-0.2, -0.15) is 0 Å². The molecule has 0 radical (unpaired) electrons. The third kappa shape index (κ3) is 5.04. The number of fused-ring (bicyclic) bond motifs is 8. The summed E-state index contributed by atoms with van der Waals surface area (Å²) in [7, 11) is 0. The zero-order chi connectivity index (χ0) is 34.5. The fourth-order valence-electron chi connectivity index (χ4n) is 8.07. The number of para-hydroxylation sites is 2. The van der Waals surface area contributed by atoms with Crippen LogP contribution < -0.4 is 5.32 Å². The third-order valence-corrected chi connectivity index (χ3v) is 12.8. The highest BCUT2D eigenvalue weighted by atomic mass is 32.2. The molecule has 52 heavy (non-hydrogen) atoms. The number of nitrogens with one attached hydrogen (secondary N) is 1. The number of benzene rings is 8. The van der Waals surface area contributed by atoms with Gasteiger partial charge in [-0.05, 0) is 92.5 Å². The summed E-state index contributed by atoms with van der Waals surface area (Å²) in [6.45, 7) is 0. The summed E-state index contributed by atoms with van der Waals surface area (Å²) in [5.74, 6) is 0. The lowest BCUT2D eigenvalue weighted by Gasteiger charge is -2.46. The van der Waals surface area contributed by atoms with Crippen LogP contribution in [0.1, 0.15) is 22.3 Å². The fraction of sp³-hybridized carbons (Fsp3) is 0.0204. The summed E-state index contributed by atoms with van der Waals surface area (Å²) in [6.07, 6.45) is 0. The first-order chi connectivity index (χ1) is 25.8. The molecule has 8 aromatic rings. The molecular formula is C49H33NS2. The number of rotatable bonds is 5. The minimum atomic E-state index is -0.475. The summed E-state index contributed by atoms with van der Waals surface area (Å²) in [6, 6.07) is 71.0. The van der Waals surface area contributed by atoms with E-state index in [0.717, 1.165) is 11.4 Å². The first-order valence-electron chi connectivity index (χ1n) is 17.7. The van der Waals surface area contributed by atoms with Crippen molar-refractivity contribution in [1.82, 2.24) is 0 Å². The molecule has 1 spiro atoms. The van der Waals surface area contributed by atoms with Gasteiger partial charge in [-0.25, -0.2) is 0 Å². The van der Waals surface area contributed by atoms with Gasteiger partial charge in [0.05, 0.1) is 5.41 Å². The molecule has 0 aromatic heterocycles. The van der Waals surface area contributed by atoms with Gasteiger partial charge in [-0.15, -0.1) is 0 Å². The van der Waals surface area contributed by atoms with E-state index >= 15 is 0 Å². The maximum absolute atomic E-state index is 3.63. The van der Waals surface area contributed by atoms with Gasteiger partial charge in [0.1, 0.15) is 0 Å². The normalized spacial score (nSPS) is 13.4. The summed E-state index contributed by atoms with van der Waals surface area (Å²) < 4.78 is 0. The molecule has 0 saturated heterocycles. The van der Waals surface area contributed by atoms with E-state index in [-0.39, 0.29) is 0 Å². The molecular weight excluding hydrogens is 667 g/mol. The van der Waals surface area contributed by atoms with Crippen molar-refractivity contribution in [3.63, 3.8) is 0 Å². The van der Waals surface area contributed by atoms with Crippen LogP contribution in [0.2, 0.25) is 0 Å². The van der Waals surface area contributed by atoms with Crippen molar-refractivity contribution >= 4 is 34.9 Å². The predicted molar refractivity (Wildman–Crippen MR) is 219 cm³/mol. The van der Waals surface area contributed by atoms with Gasteiger partial charge in [-0.1, -0.05) is 175 Å². The van der Waals surface area contributed by atoms with Crippen LogP contribution in [0.4, 0.5) is 11.4 Å². The standard InChI is InChI=1S/C49H33NS2/c1-3-14-33(15-4-1)36-30-31-47-43(32-36)49(40-20-8-11-24-45(40)51-46-25-12-9-21-41(46)49)42-22-13-19-39(48(42)52-47)35-28-26-34(27-29-35)38-18-7-10-23-44(38)50-37-16-5-2-6-17-37/h1-32,50H. The Hall–Kier alpha value is -5.74. The Labute approximate surface area is 313 Å². The molecule has 0 atom stereocenters. The Morgan fingerprint density at radius 2 is 0.885 bits per heavy atom. The lowest BCUT2D eigenvalue weighted by Crippen LogP contribution is -2.36. The van der Waals surface area contributed by atoms with Crippen molar-refractivity contribution in [1.29, 1.82) is 0 Å². The van der Waals surface area contributed by atoms with Crippen LogP contribution in [0.25, 0.3) is 33.4 Å². The molecule has 0 fully saturated rings. The van der Waals surface area contributed by atoms with Gasteiger partial charge >= 0.3 is 0 Å². The second kappa shape index (κ2) is 12.8. The summed E-state index contributed by atoms with van der Waals surface area (Å²) in [5, 5.41) is 3.63. The smallest absolute Gasteiger partial charge is 0.0745 e. The van der Waals surface area contributed by atoms with Crippen LogP contribution in [0.3, 0.4) is 0 Å². The highest BCUT2D eigenvalue weighted by molar-refractivity contribution is 8.00. The van der Waals surface area contributed by atoms with Gasteiger partial charge in [0.25, 0.3) is 0 Å². The molecule has 2 aliphatic rings. The maximum Gasteiger partial charge on any atom is 0.0745 e.